The van der Waals surface area contributed by atoms with Crippen LogP contribution in [0.3, 0.4) is 0 Å². The molecule has 0 aliphatic rings. The first-order valence-electron chi connectivity index (χ1n) is 8.69. The Balaban J connectivity index is 1.67. The molecule has 26 heavy (non-hydrogen) atoms. The molecule has 7 heteroatoms. The monoisotopic (exact) mass is 368 g/mol. The van der Waals surface area contributed by atoms with Gasteiger partial charge in [-0.2, -0.15) is 5.10 Å². The lowest BCUT2D eigenvalue weighted by molar-refractivity contribution is 0.818. The average molecular weight is 369 g/mol. The van der Waals surface area contributed by atoms with E-state index in [0.29, 0.717) is 6.54 Å². The fourth-order valence-electron chi connectivity index (χ4n) is 2.63. The Hall–Kier alpha value is -2.67. The van der Waals surface area contributed by atoms with Gasteiger partial charge in [0, 0.05) is 23.8 Å². The quantitative estimate of drug-likeness (QED) is 0.518. The van der Waals surface area contributed by atoms with Crippen LogP contribution in [0.15, 0.2) is 47.7 Å². The van der Waals surface area contributed by atoms with Gasteiger partial charge in [0.05, 0.1) is 29.5 Å². The Labute approximate surface area is 158 Å². The van der Waals surface area contributed by atoms with Gasteiger partial charge in [0.15, 0.2) is 5.96 Å². The number of aliphatic imine (C=N–C) groups is 1. The van der Waals surface area contributed by atoms with Crippen LogP contribution >= 0.6 is 11.3 Å². The maximum Gasteiger partial charge on any atom is 0.191 e. The molecule has 2 N–H and O–H groups in total. The van der Waals surface area contributed by atoms with Gasteiger partial charge in [-0.25, -0.2) is 14.7 Å². The van der Waals surface area contributed by atoms with E-state index in [-0.39, 0.29) is 0 Å². The number of aryl methyl sites for hydroxylation is 2. The molecule has 2 aromatic heterocycles. The maximum absolute atomic E-state index is 4.71. The second-order valence-electron chi connectivity index (χ2n) is 5.91. The third-order valence-electron chi connectivity index (χ3n) is 3.86. The zero-order valence-electron chi connectivity index (χ0n) is 15.4. The smallest absolute Gasteiger partial charge is 0.191 e. The van der Waals surface area contributed by atoms with Gasteiger partial charge in [0.25, 0.3) is 0 Å². The number of hydrogen-bond acceptors (Lipinski definition) is 4. The molecule has 0 spiro atoms. The predicted octanol–water partition coefficient (Wildman–Crippen LogP) is 3.20. The molecule has 0 atom stereocenters. The van der Waals surface area contributed by atoms with Gasteiger partial charge in [0.1, 0.15) is 0 Å². The highest BCUT2D eigenvalue weighted by Gasteiger charge is 2.06. The van der Waals surface area contributed by atoms with E-state index in [1.165, 1.54) is 4.88 Å². The normalized spacial score (nSPS) is 11.6. The van der Waals surface area contributed by atoms with Crippen molar-refractivity contribution < 1.29 is 0 Å². The molecule has 6 nitrogen and oxygen atoms in total. The standard InChI is InChI=1S/C19H24N6S/c1-4-20-19(22-13-18-14(2)24-15(3)26-18)21-12-16-7-5-8-17(11-16)25-10-6-9-23-25/h5-11H,4,12-13H2,1-3H3,(H2,20,21,22). The largest absolute Gasteiger partial charge is 0.357 e. The number of nitrogens with zero attached hydrogens (tertiary/aromatic N) is 4. The lowest BCUT2D eigenvalue weighted by Gasteiger charge is -2.11. The molecule has 0 radical (unpaired) electrons. The van der Waals surface area contributed by atoms with Crippen molar-refractivity contribution in [2.75, 3.05) is 6.54 Å². The summed E-state index contributed by atoms with van der Waals surface area (Å²) in [4.78, 5) is 10.4. The van der Waals surface area contributed by atoms with Crippen molar-refractivity contribution in [3.8, 4) is 5.69 Å². The van der Waals surface area contributed by atoms with Crippen LogP contribution in [-0.2, 0) is 13.1 Å². The average Bonchev–Trinajstić information content (AvgIpc) is 3.27. The van der Waals surface area contributed by atoms with Gasteiger partial charge in [-0.05, 0) is 44.5 Å². The molecule has 0 aliphatic heterocycles. The zero-order valence-corrected chi connectivity index (χ0v) is 16.2. The number of rotatable bonds is 6. The molecule has 0 saturated heterocycles. The summed E-state index contributed by atoms with van der Waals surface area (Å²) in [7, 11) is 0. The van der Waals surface area contributed by atoms with Crippen LogP contribution < -0.4 is 10.6 Å². The van der Waals surface area contributed by atoms with Crippen molar-refractivity contribution in [3.05, 3.63) is 63.9 Å². The van der Waals surface area contributed by atoms with E-state index in [1.54, 1.807) is 17.5 Å². The first-order chi connectivity index (χ1) is 12.7. The summed E-state index contributed by atoms with van der Waals surface area (Å²) >= 11 is 1.72. The fourth-order valence-corrected chi connectivity index (χ4v) is 3.51. The highest BCUT2D eigenvalue weighted by Crippen LogP contribution is 2.16. The summed E-state index contributed by atoms with van der Waals surface area (Å²) in [5.74, 6) is 0.808. The number of benzene rings is 1. The Kier molecular flexibility index (Phi) is 6.01. The van der Waals surface area contributed by atoms with Crippen LogP contribution in [0, 0.1) is 13.8 Å². The van der Waals surface area contributed by atoms with Crippen molar-refractivity contribution in [1.82, 2.24) is 25.4 Å². The fraction of sp³-hybridized carbons (Fsp3) is 0.316. The molecule has 0 fully saturated rings. The molecule has 136 valence electrons. The van der Waals surface area contributed by atoms with Gasteiger partial charge in [-0.3, -0.25) is 0 Å². The maximum atomic E-state index is 4.71. The third-order valence-corrected chi connectivity index (χ3v) is 4.93. The van der Waals surface area contributed by atoms with E-state index in [2.05, 4.69) is 39.8 Å². The lowest BCUT2D eigenvalue weighted by Crippen LogP contribution is -2.36. The van der Waals surface area contributed by atoms with Gasteiger partial charge in [-0.15, -0.1) is 11.3 Å². The molecule has 3 rings (SSSR count). The van der Waals surface area contributed by atoms with E-state index >= 15 is 0 Å². The van der Waals surface area contributed by atoms with Crippen molar-refractivity contribution in [1.29, 1.82) is 0 Å². The second-order valence-corrected chi connectivity index (χ2v) is 7.20. The Morgan fingerprint density at radius 2 is 2.12 bits per heavy atom. The van der Waals surface area contributed by atoms with Gasteiger partial charge >= 0.3 is 0 Å². The van der Waals surface area contributed by atoms with E-state index in [4.69, 9.17) is 4.99 Å². The Morgan fingerprint density at radius 1 is 1.23 bits per heavy atom. The summed E-state index contributed by atoms with van der Waals surface area (Å²) in [6.07, 6.45) is 3.72. The number of aromatic nitrogens is 3. The molecule has 0 bridgehead atoms. The first kappa shape index (κ1) is 18.1. The van der Waals surface area contributed by atoms with Crippen LogP contribution in [0.25, 0.3) is 5.69 Å². The highest BCUT2D eigenvalue weighted by atomic mass is 32.1. The van der Waals surface area contributed by atoms with Gasteiger partial charge < -0.3 is 10.6 Å². The van der Waals surface area contributed by atoms with Crippen LogP contribution in [0.4, 0.5) is 0 Å². The topological polar surface area (TPSA) is 67.1 Å². The molecule has 0 amide bonds. The molecule has 0 aliphatic carbocycles. The van der Waals surface area contributed by atoms with Crippen molar-refractivity contribution >= 4 is 17.3 Å². The van der Waals surface area contributed by atoms with E-state index < -0.39 is 0 Å². The Morgan fingerprint density at radius 3 is 2.81 bits per heavy atom. The summed E-state index contributed by atoms with van der Waals surface area (Å²) in [5, 5.41) is 12.1. The molecular formula is C19H24N6S. The molecule has 2 heterocycles. The van der Waals surface area contributed by atoms with Crippen molar-refractivity contribution in [2.45, 2.75) is 33.9 Å². The minimum atomic E-state index is 0.602. The third kappa shape index (κ3) is 4.70. The summed E-state index contributed by atoms with van der Waals surface area (Å²) < 4.78 is 1.85. The van der Waals surface area contributed by atoms with Crippen LogP contribution in [0.1, 0.15) is 28.1 Å². The highest BCUT2D eigenvalue weighted by molar-refractivity contribution is 7.11. The SMILES string of the molecule is CCNC(=NCc1cccc(-n2cccn2)c1)NCc1sc(C)nc1C. The van der Waals surface area contributed by atoms with Gasteiger partial charge in [0.2, 0.25) is 0 Å². The minimum absolute atomic E-state index is 0.602. The van der Waals surface area contributed by atoms with Gasteiger partial charge in [-0.1, -0.05) is 12.1 Å². The number of nitrogens with one attached hydrogen (secondary N) is 2. The van der Waals surface area contributed by atoms with Crippen molar-refractivity contribution in [2.24, 2.45) is 4.99 Å². The zero-order chi connectivity index (χ0) is 18.4. The number of thiazole rings is 1. The van der Waals surface area contributed by atoms with Crippen LogP contribution in [0.5, 0.6) is 0 Å². The van der Waals surface area contributed by atoms with E-state index in [1.807, 2.05) is 42.9 Å². The Bertz CT molecular complexity index is 866. The summed E-state index contributed by atoms with van der Waals surface area (Å²) in [6, 6.07) is 10.2. The molecule has 3 aromatic rings. The molecule has 1 aromatic carbocycles. The van der Waals surface area contributed by atoms with Crippen molar-refractivity contribution in [3.63, 3.8) is 0 Å². The predicted molar refractivity (Wildman–Crippen MR) is 107 cm³/mol. The van der Waals surface area contributed by atoms with E-state index in [9.17, 15) is 0 Å². The minimum Gasteiger partial charge on any atom is -0.357 e. The summed E-state index contributed by atoms with van der Waals surface area (Å²) in [6.45, 7) is 8.30. The first-order valence-corrected chi connectivity index (χ1v) is 9.51. The molecule has 0 saturated carbocycles. The lowest BCUT2D eigenvalue weighted by atomic mass is 10.2. The number of hydrogen-bond donors (Lipinski definition) is 2. The second kappa shape index (κ2) is 8.62. The van der Waals surface area contributed by atoms with E-state index in [0.717, 1.165) is 41.0 Å². The number of guanidine groups is 1. The van der Waals surface area contributed by atoms with Crippen LogP contribution in [0.2, 0.25) is 0 Å². The van der Waals surface area contributed by atoms with Crippen LogP contribution in [-0.4, -0.2) is 27.3 Å². The molecular weight excluding hydrogens is 344 g/mol. The molecule has 0 unspecified atom stereocenters. The summed E-state index contributed by atoms with van der Waals surface area (Å²) in [5.41, 5.74) is 3.26.